The summed E-state index contributed by atoms with van der Waals surface area (Å²) in [6.07, 6.45) is 5.82. The molecule has 1 amide bonds. The highest BCUT2D eigenvalue weighted by atomic mass is 16.5. The van der Waals surface area contributed by atoms with Gasteiger partial charge in [-0.3, -0.25) is 9.78 Å². The Hall–Kier alpha value is -2.65. The number of morpholine rings is 1. The van der Waals surface area contributed by atoms with Crippen molar-refractivity contribution in [2.24, 2.45) is 0 Å². The van der Waals surface area contributed by atoms with Crippen molar-refractivity contribution in [2.45, 2.75) is 5.54 Å². The van der Waals surface area contributed by atoms with Gasteiger partial charge in [-0.15, -0.1) is 0 Å². The Morgan fingerprint density at radius 1 is 1.33 bits per heavy atom. The highest BCUT2D eigenvalue weighted by Gasteiger charge is 2.44. The standard InChI is InChI=1S/C18H23N5O4/c24-14-23-5-4-20-12-18(23,13-27-15-2-1-3-19-10-15)16-11-26-17(21-16)22-6-8-25-9-7-22/h1-3,10-11,14,20H,4-9,12-13H2. The summed E-state index contributed by atoms with van der Waals surface area (Å²) in [5.41, 5.74) is -0.0728. The number of piperazine rings is 1. The number of carbonyl (C=O) groups excluding carboxylic acids is 1. The van der Waals surface area contributed by atoms with E-state index in [4.69, 9.17) is 18.9 Å². The predicted octanol–water partition coefficient (Wildman–Crippen LogP) is 0.242. The van der Waals surface area contributed by atoms with Crippen LogP contribution in [0.2, 0.25) is 0 Å². The van der Waals surface area contributed by atoms with Gasteiger partial charge in [0.25, 0.3) is 6.01 Å². The number of ether oxygens (including phenoxy) is 2. The van der Waals surface area contributed by atoms with Crippen molar-refractivity contribution in [3.05, 3.63) is 36.5 Å². The highest BCUT2D eigenvalue weighted by molar-refractivity contribution is 5.51. The predicted molar refractivity (Wildman–Crippen MR) is 96.6 cm³/mol. The topological polar surface area (TPSA) is 93.0 Å². The maximum Gasteiger partial charge on any atom is 0.297 e. The summed E-state index contributed by atoms with van der Waals surface area (Å²) in [5.74, 6) is 0.644. The normalized spacial score (nSPS) is 23.3. The van der Waals surface area contributed by atoms with E-state index in [1.165, 1.54) is 0 Å². The molecule has 4 rings (SSSR count). The highest BCUT2D eigenvalue weighted by Crippen LogP contribution is 2.31. The largest absolute Gasteiger partial charge is 0.489 e. The van der Waals surface area contributed by atoms with Crippen LogP contribution in [0.15, 0.2) is 35.2 Å². The second-order valence-corrected chi connectivity index (χ2v) is 6.60. The minimum Gasteiger partial charge on any atom is -0.489 e. The van der Waals surface area contributed by atoms with E-state index < -0.39 is 5.54 Å². The van der Waals surface area contributed by atoms with Crippen molar-refractivity contribution in [2.75, 3.05) is 57.4 Å². The fourth-order valence-electron chi connectivity index (χ4n) is 3.42. The molecule has 0 aliphatic carbocycles. The average molecular weight is 373 g/mol. The number of pyridine rings is 1. The molecule has 4 heterocycles. The molecule has 0 saturated carbocycles. The van der Waals surface area contributed by atoms with Gasteiger partial charge in [-0.2, -0.15) is 4.98 Å². The van der Waals surface area contributed by atoms with Crippen LogP contribution in [-0.2, 0) is 15.1 Å². The zero-order chi connectivity index (χ0) is 18.5. The maximum atomic E-state index is 11.8. The molecule has 9 heteroatoms. The van der Waals surface area contributed by atoms with Crippen molar-refractivity contribution in [1.29, 1.82) is 0 Å². The van der Waals surface area contributed by atoms with Gasteiger partial charge in [0.2, 0.25) is 6.41 Å². The summed E-state index contributed by atoms with van der Waals surface area (Å²) < 4.78 is 17.1. The molecule has 0 spiro atoms. The fourth-order valence-corrected chi connectivity index (χ4v) is 3.42. The molecule has 2 aliphatic rings. The molecule has 144 valence electrons. The Balaban J connectivity index is 1.61. The van der Waals surface area contributed by atoms with Crippen molar-refractivity contribution in [3.8, 4) is 5.75 Å². The first-order chi connectivity index (χ1) is 13.3. The van der Waals surface area contributed by atoms with Gasteiger partial charge in [-0.25, -0.2) is 0 Å². The molecule has 1 N–H and O–H groups in total. The van der Waals surface area contributed by atoms with Crippen LogP contribution in [0.4, 0.5) is 6.01 Å². The summed E-state index contributed by atoms with van der Waals surface area (Å²) in [7, 11) is 0. The van der Waals surface area contributed by atoms with Gasteiger partial charge in [-0.1, -0.05) is 0 Å². The van der Waals surface area contributed by atoms with Crippen LogP contribution in [0.3, 0.4) is 0 Å². The van der Waals surface area contributed by atoms with E-state index in [9.17, 15) is 4.79 Å². The molecule has 27 heavy (non-hydrogen) atoms. The Bertz CT molecular complexity index is 749. The minimum absolute atomic E-state index is 0.250. The fraction of sp³-hybridized carbons (Fsp3) is 0.500. The molecular formula is C18H23N5O4. The third kappa shape index (κ3) is 3.60. The molecule has 2 aliphatic heterocycles. The molecule has 0 radical (unpaired) electrons. The quantitative estimate of drug-likeness (QED) is 0.720. The lowest BCUT2D eigenvalue weighted by molar-refractivity contribution is -0.127. The molecule has 0 bridgehead atoms. The van der Waals surface area contributed by atoms with Crippen molar-refractivity contribution < 1.29 is 18.7 Å². The Labute approximate surface area is 157 Å². The molecular weight excluding hydrogens is 350 g/mol. The number of anilines is 1. The lowest BCUT2D eigenvalue weighted by Crippen LogP contribution is -2.61. The number of nitrogens with one attached hydrogen (secondary N) is 1. The zero-order valence-corrected chi connectivity index (χ0v) is 15.0. The van der Waals surface area contributed by atoms with Crippen LogP contribution >= 0.6 is 0 Å². The number of oxazole rings is 1. The molecule has 0 aromatic carbocycles. The van der Waals surface area contributed by atoms with Gasteiger partial charge in [0.15, 0.2) is 0 Å². The van der Waals surface area contributed by atoms with Crippen molar-refractivity contribution in [3.63, 3.8) is 0 Å². The summed E-state index contributed by atoms with van der Waals surface area (Å²) in [5, 5.41) is 3.35. The number of aromatic nitrogens is 2. The van der Waals surface area contributed by atoms with E-state index in [0.717, 1.165) is 26.0 Å². The van der Waals surface area contributed by atoms with E-state index >= 15 is 0 Å². The molecule has 2 fully saturated rings. The minimum atomic E-state index is -0.746. The first-order valence-corrected chi connectivity index (χ1v) is 9.06. The number of amides is 1. The van der Waals surface area contributed by atoms with Gasteiger partial charge in [0, 0.05) is 38.9 Å². The number of carbonyl (C=O) groups is 1. The number of nitrogens with zero attached hydrogens (tertiary/aromatic N) is 4. The zero-order valence-electron chi connectivity index (χ0n) is 15.0. The molecule has 9 nitrogen and oxygen atoms in total. The van der Waals surface area contributed by atoms with E-state index in [1.807, 2.05) is 17.0 Å². The third-order valence-corrected chi connectivity index (χ3v) is 4.99. The number of hydrogen-bond donors (Lipinski definition) is 1. The van der Waals surface area contributed by atoms with Gasteiger partial charge in [-0.05, 0) is 12.1 Å². The van der Waals surface area contributed by atoms with Crippen LogP contribution in [0, 0.1) is 0 Å². The van der Waals surface area contributed by atoms with Crippen molar-refractivity contribution >= 4 is 12.4 Å². The molecule has 2 saturated heterocycles. The number of hydrogen-bond acceptors (Lipinski definition) is 8. The third-order valence-electron chi connectivity index (χ3n) is 4.99. The van der Waals surface area contributed by atoms with E-state index in [0.29, 0.717) is 43.8 Å². The van der Waals surface area contributed by atoms with Gasteiger partial charge >= 0.3 is 0 Å². The second kappa shape index (κ2) is 7.93. The summed E-state index contributed by atoms with van der Waals surface area (Å²) >= 11 is 0. The molecule has 1 unspecified atom stereocenters. The van der Waals surface area contributed by atoms with E-state index in [2.05, 4.69) is 10.3 Å². The first kappa shape index (κ1) is 17.7. The van der Waals surface area contributed by atoms with Gasteiger partial charge in [0.05, 0.1) is 19.4 Å². The Morgan fingerprint density at radius 3 is 3.00 bits per heavy atom. The van der Waals surface area contributed by atoms with Gasteiger partial charge in [0.1, 0.15) is 29.9 Å². The summed E-state index contributed by atoms with van der Waals surface area (Å²) in [6, 6.07) is 4.19. The van der Waals surface area contributed by atoms with Crippen LogP contribution in [-0.4, -0.2) is 73.8 Å². The van der Waals surface area contributed by atoms with Gasteiger partial charge < -0.3 is 29.0 Å². The molecule has 2 aromatic rings. The van der Waals surface area contributed by atoms with Crippen LogP contribution in [0.25, 0.3) is 0 Å². The lowest BCUT2D eigenvalue weighted by atomic mass is 9.92. The maximum absolute atomic E-state index is 11.8. The van der Waals surface area contributed by atoms with Crippen LogP contribution in [0.5, 0.6) is 5.75 Å². The lowest BCUT2D eigenvalue weighted by Gasteiger charge is -2.43. The van der Waals surface area contributed by atoms with Crippen LogP contribution in [0.1, 0.15) is 5.69 Å². The summed E-state index contributed by atoms with van der Waals surface area (Å²) in [4.78, 5) is 24.4. The smallest absolute Gasteiger partial charge is 0.297 e. The number of rotatable bonds is 6. The van der Waals surface area contributed by atoms with Crippen LogP contribution < -0.4 is 15.0 Å². The first-order valence-electron chi connectivity index (χ1n) is 9.06. The molecule has 1 atom stereocenters. The van der Waals surface area contributed by atoms with Crippen molar-refractivity contribution in [1.82, 2.24) is 20.2 Å². The van der Waals surface area contributed by atoms with E-state index in [-0.39, 0.29) is 6.61 Å². The van der Waals surface area contributed by atoms with E-state index in [1.54, 1.807) is 23.6 Å². The average Bonchev–Trinajstić information content (AvgIpc) is 3.25. The SMILES string of the molecule is O=CN1CCNCC1(COc1cccnc1)c1coc(N2CCOCC2)n1. The monoisotopic (exact) mass is 373 g/mol. The Morgan fingerprint density at radius 2 is 2.22 bits per heavy atom. The molecule has 2 aromatic heterocycles. The second-order valence-electron chi connectivity index (χ2n) is 6.60. The Kier molecular flexibility index (Phi) is 5.21. The summed E-state index contributed by atoms with van der Waals surface area (Å²) in [6.45, 7) is 4.83.